The topological polar surface area (TPSA) is 122 Å². The fourth-order valence-corrected chi connectivity index (χ4v) is 6.46. The number of carboxylic acid groups (broad SMARTS) is 1. The van der Waals surface area contributed by atoms with Gasteiger partial charge in [0.05, 0.1) is 17.2 Å². The number of amides is 1. The number of benzene rings is 2. The first-order chi connectivity index (χ1) is 17.8. The molecule has 0 bridgehead atoms. The van der Waals surface area contributed by atoms with Gasteiger partial charge in [-0.1, -0.05) is 6.07 Å². The number of carboxylic acids is 1. The summed E-state index contributed by atoms with van der Waals surface area (Å²) in [5, 5.41) is 9.88. The van der Waals surface area contributed by atoms with Crippen LogP contribution in [0.1, 0.15) is 61.0 Å². The summed E-state index contributed by atoms with van der Waals surface area (Å²) in [6, 6.07) is 6.59. The van der Waals surface area contributed by atoms with Crippen molar-refractivity contribution in [2.75, 3.05) is 24.4 Å². The zero-order chi connectivity index (χ0) is 27.4. The molecule has 1 amide bonds. The molecule has 2 aromatic carbocycles. The van der Waals surface area contributed by atoms with Gasteiger partial charge in [0.15, 0.2) is 0 Å². The van der Waals surface area contributed by atoms with Crippen LogP contribution in [0.25, 0.3) is 0 Å². The lowest BCUT2D eigenvalue weighted by Crippen LogP contribution is -2.51. The zero-order valence-electron chi connectivity index (χ0n) is 21.5. The average molecular weight is 547 g/mol. The predicted molar refractivity (Wildman–Crippen MR) is 137 cm³/mol. The number of halogens is 1. The lowest BCUT2D eigenvalue weighted by molar-refractivity contribution is -0.00205. The van der Waals surface area contributed by atoms with Crippen LogP contribution >= 0.6 is 0 Å². The van der Waals surface area contributed by atoms with E-state index >= 15 is 0 Å². The van der Waals surface area contributed by atoms with E-state index in [1.807, 2.05) is 0 Å². The van der Waals surface area contributed by atoms with Crippen molar-refractivity contribution in [3.8, 4) is 5.75 Å². The number of aromatic carboxylic acids is 1. The molecule has 11 heteroatoms. The van der Waals surface area contributed by atoms with Crippen molar-refractivity contribution in [2.45, 2.75) is 56.4 Å². The monoisotopic (exact) mass is 546 g/mol. The first-order valence-corrected chi connectivity index (χ1v) is 14.1. The standard InChI is InChI=1S/C27H31FN2O7S/c1-27(2,3)37-26(33)30-12-15(13-30)4-5-16-10-18(28)6-9-22(16)38(34,35)29-21-8-7-19-20-11-17(20)14-36-24(19)23(21)25(31)32/h6-10,15,17,20,29H,4-5,11-14H2,1-3H3,(H,31,32). The summed E-state index contributed by atoms with van der Waals surface area (Å²) in [6.45, 7) is 6.74. The maximum absolute atomic E-state index is 14.1. The van der Waals surface area contributed by atoms with E-state index in [1.54, 1.807) is 31.7 Å². The molecular formula is C27H31FN2O7S. The number of likely N-dealkylation sites (tertiary alicyclic amines) is 1. The molecule has 204 valence electrons. The second kappa shape index (κ2) is 9.44. The highest BCUT2D eigenvalue weighted by atomic mass is 32.2. The molecule has 0 radical (unpaired) electrons. The first kappa shape index (κ1) is 26.3. The summed E-state index contributed by atoms with van der Waals surface area (Å²) in [5.41, 5.74) is 0.143. The van der Waals surface area contributed by atoms with E-state index in [-0.39, 0.29) is 45.7 Å². The summed E-state index contributed by atoms with van der Waals surface area (Å²) >= 11 is 0. The van der Waals surface area contributed by atoms with Crippen LogP contribution in [-0.4, -0.2) is 55.8 Å². The third-order valence-corrected chi connectivity index (χ3v) is 8.62. The molecule has 2 heterocycles. The highest BCUT2D eigenvalue weighted by molar-refractivity contribution is 7.92. The number of fused-ring (bicyclic) bond motifs is 3. The molecule has 0 aromatic heterocycles. The Hall–Kier alpha value is -3.34. The van der Waals surface area contributed by atoms with Crippen LogP contribution in [0.2, 0.25) is 0 Å². The highest BCUT2D eigenvalue weighted by Gasteiger charge is 2.45. The normalized spacial score (nSPS) is 20.5. The van der Waals surface area contributed by atoms with E-state index in [2.05, 4.69) is 4.72 Å². The molecule has 9 nitrogen and oxygen atoms in total. The number of nitrogens with zero attached hydrogens (tertiary/aromatic N) is 1. The van der Waals surface area contributed by atoms with E-state index in [1.165, 1.54) is 18.2 Å². The van der Waals surface area contributed by atoms with E-state index < -0.39 is 33.5 Å². The van der Waals surface area contributed by atoms with E-state index in [4.69, 9.17) is 9.47 Å². The summed E-state index contributed by atoms with van der Waals surface area (Å²) in [4.78, 5) is 25.7. The molecule has 0 spiro atoms. The van der Waals surface area contributed by atoms with Gasteiger partial charge in [0.2, 0.25) is 0 Å². The Morgan fingerprint density at radius 2 is 1.95 bits per heavy atom. The maximum atomic E-state index is 14.1. The number of nitrogens with one attached hydrogen (secondary N) is 1. The lowest BCUT2D eigenvalue weighted by Gasteiger charge is -2.40. The molecule has 1 saturated carbocycles. The number of sulfonamides is 1. The third-order valence-electron chi connectivity index (χ3n) is 7.15. The van der Waals surface area contributed by atoms with Gasteiger partial charge in [0.1, 0.15) is 22.7 Å². The summed E-state index contributed by atoms with van der Waals surface area (Å²) < 4.78 is 54.4. The van der Waals surface area contributed by atoms with E-state index in [0.717, 1.165) is 18.1 Å². The van der Waals surface area contributed by atoms with Crippen molar-refractivity contribution in [3.63, 3.8) is 0 Å². The van der Waals surface area contributed by atoms with Gasteiger partial charge < -0.3 is 19.5 Å². The molecule has 2 aromatic rings. The van der Waals surface area contributed by atoms with E-state index in [0.29, 0.717) is 32.0 Å². The van der Waals surface area contributed by atoms with Gasteiger partial charge in [0.25, 0.3) is 10.0 Å². The number of hydrogen-bond acceptors (Lipinski definition) is 6. The van der Waals surface area contributed by atoms with Crippen molar-refractivity contribution in [1.29, 1.82) is 0 Å². The van der Waals surface area contributed by atoms with Crippen LogP contribution in [0.5, 0.6) is 5.75 Å². The van der Waals surface area contributed by atoms with Crippen LogP contribution < -0.4 is 9.46 Å². The molecule has 2 aliphatic heterocycles. The number of aryl methyl sites for hydroxylation is 1. The van der Waals surface area contributed by atoms with Gasteiger partial charge in [-0.2, -0.15) is 0 Å². The Labute approximate surface area is 221 Å². The Morgan fingerprint density at radius 3 is 2.63 bits per heavy atom. The minimum Gasteiger partial charge on any atom is -0.492 e. The van der Waals surface area contributed by atoms with E-state index in [9.17, 15) is 27.5 Å². The van der Waals surface area contributed by atoms with Crippen molar-refractivity contribution in [2.24, 2.45) is 11.8 Å². The Morgan fingerprint density at radius 1 is 1.21 bits per heavy atom. The molecule has 3 aliphatic rings. The zero-order valence-corrected chi connectivity index (χ0v) is 22.3. The number of carbonyl (C=O) groups excluding carboxylic acids is 1. The number of carbonyl (C=O) groups is 2. The van der Waals surface area contributed by atoms with Gasteiger partial charge in [-0.15, -0.1) is 0 Å². The van der Waals surface area contributed by atoms with Gasteiger partial charge in [0, 0.05) is 19.0 Å². The van der Waals surface area contributed by atoms with Gasteiger partial charge in [-0.3, -0.25) is 4.72 Å². The van der Waals surface area contributed by atoms with Crippen LogP contribution in [0.3, 0.4) is 0 Å². The smallest absolute Gasteiger partial charge is 0.410 e. The summed E-state index contributed by atoms with van der Waals surface area (Å²) in [7, 11) is -4.25. The predicted octanol–water partition coefficient (Wildman–Crippen LogP) is 4.62. The first-order valence-electron chi connectivity index (χ1n) is 12.6. The van der Waals surface area contributed by atoms with Gasteiger partial charge in [-0.05, 0) is 87.3 Å². The quantitative estimate of drug-likeness (QED) is 0.520. The molecule has 2 fully saturated rings. The largest absolute Gasteiger partial charge is 0.492 e. The Balaban J connectivity index is 1.32. The molecule has 2 N–H and O–H groups in total. The van der Waals surface area contributed by atoms with Crippen molar-refractivity contribution in [1.82, 2.24) is 4.90 Å². The lowest BCUT2D eigenvalue weighted by atomic mass is 9.93. The number of rotatable bonds is 7. The SMILES string of the molecule is CC(C)(C)OC(=O)N1CC(CCc2cc(F)ccc2S(=O)(=O)Nc2ccc3c(c2C(=O)O)OCC2CC32)C1. The van der Waals surface area contributed by atoms with Gasteiger partial charge in [-0.25, -0.2) is 22.4 Å². The highest BCUT2D eigenvalue weighted by Crippen LogP contribution is 2.55. The molecule has 1 saturated heterocycles. The fraction of sp³-hybridized carbons (Fsp3) is 0.481. The second-order valence-electron chi connectivity index (χ2n) is 11.3. The van der Waals surface area contributed by atoms with Crippen LogP contribution in [0, 0.1) is 17.7 Å². The molecule has 38 heavy (non-hydrogen) atoms. The van der Waals surface area contributed by atoms with Crippen molar-refractivity contribution >= 4 is 27.8 Å². The minimum atomic E-state index is -4.25. The summed E-state index contributed by atoms with van der Waals surface area (Å²) in [6.07, 6.45) is 1.34. The number of ether oxygens (including phenoxy) is 2. The number of hydrogen-bond donors (Lipinski definition) is 2. The minimum absolute atomic E-state index is 0.0994. The Kier molecular flexibility index (Phi) is 6.53. The molecule has 5 rings (SSSR count). The number of anilines is 1. The average Bonchev–Trinajstić information content (AvgIpc) is 3.56. The van der Waals surface area contributed by atoms with Crippen molar-refractivity contribution in [3.05, 3.63) is 52.8 Å². The summed E-state index contributed by atoms with van der Waals surface area (Å²) in [5.74, 6) is -0.926. The molecule has 1 aliphatic carbocycles. The maximum Gasteiger partial charge on any atom is 0.410 e. The van der Waals surface area contributed by atoms with Crippen molar-refractivity contribution < 1.29 is 37.0 Å². The van der Waals surface area contributed by atoms with Crippen LogP contribution in [0.4, 0.5) is 14.9 Å². The fourth-order valence-electron chi connectivity index (χ4n) is 5.14. The Bertz CT molecular complexity index is 1400. The third kappa shape index (κ3) is 5.29. The van der Waals surface area contributed by atoms with Crippen LogP contribution in [0.15, 0.2) is 35.2 Å². The molecule has 2 unspecified atom stereocenters. The molecule has 2 atom stereocenters. The molecular weight excluding hydrogens is 515 g/mol. The van der Waals surface area contributed by atoms with Gasteiger partial charge >= 0.3 is 12.1 Å². The van der Waals surface area contributed by atoms with Crippen LogP contribution in [-0.2, 0) is 21.2 Å². The second-order valence-corrected chi connectivity index (χ2v) is 12.9.